The zero-order chi connectivity index (χ0) is 20.2. The van der Waals surface area contributed by atoms with E-state index >= 15 is 0 Å². The molecule has 0 atom stereocenters. The summed E-state index contributed by atoms with van der Waals surface area (Å²) in [5, 5.41) is 13.2. The van der Waals surface area contributed by atoms with Gasteiger partial charge < -0.3 is 19.9 Å². The largest absolute Gasteiger partial charge is 0.496 e. The minimum absolute atomic E-state index is 0.0656. The van der Waals surface area contributed by atoms with Gasteiger partial charge in [-0.3, -0.25) is 0 Å². The fourth-order valence-electron chi connectivity index (χ4n) is 2.79. The summed E-state index contributed by atoms with van der Waals surface area (Å²) in [6, 6.07) is 16.4. The van der Waals surface area contributed by atoms with Gasteiger partial charge in [0.25, 0.3) is 0 Å². The minimum Gasteiger partial charge on any atom is -0.496 e. The maximum Gasteiger partial charge on any atom is 0.354 e. The molecule has 29 heavy (non-hydrogen) atoms. The topological polar surface area (TPSA) is 93.6 Å². The van der Waals surface area contributed by atoms with Crippen molar-refractivity contribution in [3.05, 3.63) is 72.1 Å². The fourth-order valence-corrected chi connectivity index (χ4v) is 3.68. The SMILES string of the molecule is COc1ccccc1CNc1nc2ccc(Oc3ccnc(C(=O)O)c3)cc2s1. The highest BCUT2D eigenvalue weighted by atomic mass is 32.1. The summed E-state index contributed by atoms with van der Waals surface area (Å²) < 4.78 is 12.1. The molecule has 0 aliphatic carbocycles. The second kappa shape index (κ2) is 8.15. The van der Waals surface area contributed by atoms with Crippen LogP contribution in [0.25, 0.3) is 10.2 Å². The number of para-hydroxylation sites is 1. The Morgan fingerprint density at radius 3 is 2.79 bits per heavy atom. The number of thiazole rings is 1. The average molecular weight is 407 g/mol. The van der Waals surface area contributed by atoms with Gasteiger partial charge in [-0.05, 0) is 24.3 Å². The number of anilines is 1. The second-order valence-corrected chi connectivity index (χ2v) is 7.13. The third kappa shape index (κ3) is 4.27. The Morgan fingerprint density at radius 2 is 1.97 bits per heavy atom. The van der Waals surface area contributed by atoms with E-state index in [-0.39, 0.29) is 5.69 Å². The van der Waals surface area contributed by atoms with Crippen LogP contribution in [0, 0.1) is 0 Å². The summed E-state index contributed by atoms with van der Waals surface area (Å²) in [4.78, 5) is 19.4. The molecular weight excluding hydrogens is 390 g/mol. The number of benzene rings is 2. The first-order valence-electron chi connectivity index (χ1n) is 8.76. The molecule has 0 saturated heterocycles. The first-order chi connectivity index (χ1) is 14.1. The van der Waals surface area contributed by atoms with E-state index in [0.717, 1.165) is 26.7 Å². The van der Waals surface area contributed by atoms with E-state index in [1.165, 1.54) is 23.6 Å². The number of fused-ring (bicyclic) bond motifs is 1. The molecule has 2 aromatic heterocycles. The molecule has 0 aliphatic rings. The summed E-state index contributed by atoms with van der Waals surface area (Å²) in [6.07, 6.45) is 1.41. The molecule has 0 radical (unpaired) electrons. The number of rotatable bonds is 7. The van der Waals surface area contributed by atoms with E-state index in [4.69, 9.17) is 14.6 Å². The van der Waals surface area contributed by atoms with Crippen LogP contribution in [0.15, 0.2) is 60.8 Å². The monoisotopic (exact) mass is 407 g/mol. The van der Waals surface area contributed by atoms with E-state index in [1.807, 2.05) is 36.4 Å². The van der Waals surface area contributed by atoms with Crippen molar-refractivity contribution in [3.63, 3.8) is 0 Å². The van der Waals surface area contributed by atoms with E-state index in [1.54, 1.807) is 19.2 Å². The molecule has 0 unspecified atom stereocenters. The molecule has 2 heterocycles. The molecule has 2 aromatic carbocycles. The minimum atomic E-state index is -1.10. The van der Waals surface area contributed by atoms with E-state index in [9.17, 15) is 4.79 Å². The zero-order valence-electron chi connectivity index (χ0n) is 15.5. The van der Waals surface area contributed by atoms with Crippen LogP contribution in [-0.2, 0) is 6.54 Å². The molecule has 0 amide bonds. The highest BCUT2D eigenvalue weighted by Gasteiger charge is 2.09. The first-order valence-corrected chi connectivity index (χ1v) is 9.57. The molecule has 0 spiro atoms. The molecule has 146 valence electrons. The van der Waals surface area contributed by atoms with Crippen molar-refractivity contribution in [2.75, 3.05) is 12.4 Å². The van der Waals surface area contributed by atoms with Crippen LogP contribution >= 0.6 is 11.3 Å². The Labute approximate surface area is 170 Å². The van der Waals surface area contributed by atoms with Crippen LogP contribution in [0.2, 0.25) is 0 Å². The number of carboxylic acid groups (broad SMARTS) is 1. The average Bonchev–Trinajstić information content (AvgIpc) is 3.15. The number of carbonyl (C=O) groups is 1. The zero-order valence-corrected chi connectivity index (χ0v) is 16.3. The molecule has 2 N–H and O–H groups in total. The first kappa shape index (κ1) is 18.7. The van der Waals surface area contributed by atoms with Gasteiger partial charge in [0.15, 0.2) is 10.8 Å². The van der Waals surface area contributed by atoms with Crippen molar-refractivity contribution in [2.24, 2.45) is 0 Å². The predicted octanol–water partition coefficient (Wildman–Crippen LogP) is 4.80. The number of aromatic carboxylic acids is 1. The van der Waals surface area contributed by atoms with Crippen LogP contribution in [0.1, 0.15) is 16.1 Å². The molecule has 4 aromatic rings. The molecule has 0 bridgehead atoms. The summed E-state index contributed by atoms with van der Waals surface area (Å²) in [5.41, 5.74) is 1.83. The number of ether oxygens (including phenoxy) is 2. The summed E-state index contributed by atoms with van der Waals surface area (Å²) >= 11 is 1.51. The standard InChI is InChI=1S/C21H17N3O4S/c1-27-18-5-3-2-4-13(18)12-23-21-24-16-7-6-14(11-19(16)29-21)28-15-8-9-22-17(10-15)20(25)26/h2-11H,12H2,1H3,(H,23,24)(H,25,26). The number of carboxylic acids is 1. The van der Waals surface area contributed by atoms with Crippen LogP contribution in [0.3, 0.4) is 0 Å². The summed E-state index contributed by atoms with van der Waals surface area (Å²) in [6.45, 7) is 0.599. The van der Waals surface area contributed by atoms with Crippen molar-refractivity contribution >= 4 is 32.7 Å². The van der Waals surface area contributed by atoms with Gasteiger partial charge in [-0.2, -0.15) is 0 Å². The highest BCUT2D eigenvalue weighted by molar-refractivity contribution is 7.22. The Morgan fingerprint density at radius 1 is 1.14 bits per heavy atom. The Kier molecular flexibility index (Phi) is 5.26. The number of pyridine rings is 1. The molecular formula is C21H17N3O4S. The molecule has 0 aliphatic heterocycles. The van der Waals surface area contributed by atoms with Gasteiger partial charge in [-0.15, -0.1) is 0 Å². The quantitative estimate of drug-likeness (QED) is 0.454. The third-order valence-electron chi connectivity index (χ3n) is 4.17. The Balaban J connectivity index is 1.50. The van der Waals surface area contributed by atoms with Crippen LogP contribution < -0.4 is 14.8 Å². The molecule has 8 heteroatoms. The maximum absolute atomic E-state index is 11.0. The van der Waals surface area contributed by atoms with Crippen LogP contribution in [0.5, 0.6) is 17.2 Å². The Bertz CT molecular complexity index is 1180. The number of nitrogens with one attached hydrogen (secondary N) is 1. The van der Waals surface area contributed by atoms with Crippen molar-refractivity contribution in [1.82, 2.24) is 9.97 Å². The molecule has 0 fully saturated rings. The maximum atomic E-state index is 11.0. The number of hydrogen-bond acceptors (Lipinski definition) is 7. The lowest BCUT2D eigenvalue weighted by Gasteiger charge is -2.08. The predicted molar refractivity (Wildman–Crippen MR) is 111 cm³/mol. The van der Waals surface area contributed by atoms with Gasteiger partial charge in [-0.25, -0.2) is 14.8 Å². The molecule has 7 nitrogen and oxygen atoms in total. The lowest BCUT2D eigenvalue weighted by molar-refractivity contribution is 0.0690. The second-order valence-electron chi connectivity index (χ2n) is 6.10. The van der Waals surface area contributed by atoms with Crippen LogP contribution in [0.4, 0.5) is 5.13 Å². The number of hydrogen-bond donors (Lipinski definition) is 2. The van der Waals surface area contributed by atoms with Gasteiger partial charge in [0.05, 0.1) is 17.3 Å². The lowest BCUT2D eigenvalue weighted by Crippen LogP contribution is -2.00. The number of nitrogens with zero attached hydrogens (tertiary/aromatic N) is 2. The fraction of sp³-hybridized carbons (Fsp3) is 0.0952. The summed E-state index contributed by atoms with van der Waals surface area (Å²) in [7, 11) is 1.65. The lowest BCUT2D eigenvalue weighted by atomic mass is 10.2. The van der Waals surface area contributed by atoms with Gasteiger partial charge in [0.1, 0.15) is 17.2 Å². The normalized spacial score (nSPS) is 10.7. The third-order valence-corrected chi connectivity index (χ3v) is 5.14. The highest BCUT2D eigenvalue weighted by Crippen LogP contribution is 2.32. The van der Waals surface area contributed by atoms with Crippen molar-refractivity contribution in [1.29, 1.82) is 0 Å². The molecule has 4 rings (SSSR count). The van der Waals surface area contributed by atoms with Gasteiger partial charge in [0, 0.05) is 30.4 Å². The van der Waals surface area contributed by atoms with E-state index in [0.29, 0.717) is 18.0 Å². The van der Waals surface area contributed by atoms with Crippen LogP contribution in [-0.4, -0.2) is 28.2 Å². The van der Waals surface area contributed by atoms with Crippen molar-refractivity contribution < 1.29 is 19.4 Å². The van der Waals surface area contributed by atoms with E-state index in [2.05, 4.69) is 15.3 Å². The Hall–Kier alpha value is -3.65. The van der Waals surface area contributed by atoms with Crippen molar-refractivity contribution in [3.8, 4) is 17.2 Å². The smallest absolute Gasteiger partial charge is 0.354 e. The summed E-state index contributed by atoms with van der Waals surface area (Å²) in [5.74, 6) is 0.741. The molecule has 0 saturated carbocycles. The number of aromatic nitrogens is 2. The van der Waals surface area contributed by atoms with E-state index < -0.39 is 5.97 Å². The van der Waals surface area contributed by atoms with Crippen molar-refractivity contribution in [2.45, 2.75) is 6.54 Å². The van der Waals surface area contributed by atoms with Gasteiger partial charge in [0.2, 0.25) is 0 Å². The number of methoxy groups -OCH3 is 1. The van der Waals surface area contributed by atoms with Gasteiger partial charge >= 0.3 is 5.97 Å². The van der Waals surface area contributed by atoms with Gasteiger partial charge in [-0.1, -0.05) is 29.5 Å².